The van der Waals surface area contributed by atoms with Gasteiger partial charge in [0, 0.05) is 31.3 Å². The number of rotatable bonds is 8. The summed E-state index contributed by atoms with van der Waals surface area (Å²) in [6.07, 6.45) is 2.48. The standard InChI is InChI=1S/C23H26N2O4/c1-26-21-6-3-18(4-7-21)17-29-22-8-5-19(14-23(22)27-2)13-20(15-24)16-25-9-11-28-12-10-25/h3-8,14,16H,9-13,17H2,1-2H3. The van der Waals surface area contributed by atoms with E-state index in [1.165, 1.54) is 0 Å². The fourth-order valence-corrected chi connectivity index (χ4v) is 3.08. The number of methoxy groups -OCH3 is 2. The fraction of sp³-hybridized carbons (Fsp3) is 0.348. The fourth-order valence-electron chi connectivity index (χ4n) is 3.08. The van der Waals surface area contributed by atoms with Gasteiger partial charge in [-0.2, -0.15) is 5.26 Å². The molecule has 0 aromatic heterocycles. The first-order chi connectivity index (χ1) is 14.2. The predicted molar refractivity (Wildman–Crippen MR) is 110 cm³/mol. The molecule has 2 aromatic rings. The van der Waals surface area contributed by atoms with Crippen LogP contribution in [0.15, 0.2) is 54.2 Å². The van der Waals surface area contributed by atoms with Gasteiger partial charge < -0.3 is 23.8 Å². The summed E-state index contributed by atoms with van der Waals surface area (Å²) in [5.74, 6) is 2.14. The Morgan fingerprint density at radius 1 is 1.03 bits per heavy atom. The van der Waals surface area contributed by atoms with E-state index in [9.17, 15) is 5.26 Å². The van der Waals surface area contributed by atoms with Gasteiger partial charge in [0.2, 0.25) is 0 Å². The highest BCUT2D eigenvalue weighted by molar-refractivity contribution is 5.45. The smallest absolute Gasteiger partial charge is 0.161 e. The zero-order valence-electron chi connectivity index (χ0n) is 16.9. The first-order valence-corrected chi connectivity index (χ1v) is 9.57. The summed E-state index contributed by atoms with van der Waals surface area (Å²) in [6, 6.07) is 15.8. The lowest BCUT2D eigenvalue weighted by Crippen LogP contribution is -2.32. The minimum Gasteiger partial charge on any atom is -0.497 e. The van der Waals surface area contributed by atoms with Crippen LogP contribution >= 0.6 is 0 Å². The lowest BCUT2D eigenvalue weighted by atomic mass is 10.1. The van der Waals surface area contributed by atoms with E-state index < -0.39 is 0 Å². The van der Waals surface area contributed by atoms with Gasteiger partial charge in [0.05, 0.1) is 33.5 Å². The summed E-state index contributed by atoms with van der Waals surface area (Å²) >= 11 is 0. The Bertz CT molecular complexity index is 865. The second-order valence-corrected chi connectivity index (χ2v) is 6.71. The molecule has 1 aliphatic rings. The van der Waals surface area contributed by atoms with E-state index in [-0.39, 0.29) is 0 Å². The van der Waals surface area contributed by atoms with Crippen LogP contribution in [0.4, 0.5) is 0 Å². The molecule has 0 bridgehead atoms. The molecule has 1 heterocycles. The van der Waals surface area contributed by atoms with Crippen LogP contribution in [0, 0.1) is 11.3 Å². The maximum absolute atomic E-state index is 9.51. The second-order valence-electron chi connectivity index (χ2n) is 6.71. The molecule has 1 fully saturated rings. The van der Waals surface area contributed by atoms with Crippen molar-refractivity contribution in [3.8, 4) is 23.3 Å². The van der Waals surface area contributed by atoms with E-state index in [4.69, 9.17) is 18.9 Å². The highest BCUT2D eigenvalue weighted by atomic mass is 16.5. The number of morpholine rings is 1. The first kappa shape index (κ1) is 20.6. The third kappa shape index (κ3) is 5.90. The third-order valence-electron chi connectivity index (χ3n) is 4.70. The van der Waals surface area contributed by atoms with Crippen LogP contribution < -0.4 is 14.2 Å². The number of nitriles is 1. The van der Waals surface area contributed by atoms with Gasteiger partial charge in [0.25, 0.3) is 0 Å². The predicted octanol–water partition coefficient (Wildman–Crippen LogP) is 3.56. The molecule has 6 nitrogen and oxygen atoms in total. The molecule has 6 heteroatoms. The highest BCUT2D eigenvalue weighted by Gasteiger charge is 2.11. The first-order valence-electron chi connectivity index (χ1n) is 9.57. The molecule has 152 valence electrons. The zero-order valence-corrected chi connectivity index (χ0v) is 16.9. The monoisotopic (exact) mass is 394 g/mol. The molecule has 3 rings (SSSR count). The molecule has 2 aromatic carbocycles. The van der Waals surface area contributed by atoms with Crippen molar-refractivity contribution in [1.29, 1.82) is 5.26 Å². The van der Waals surface area contributed by atoms with Crippen molar-refractivity contribution < 1.29 is 18.9 Å². The number of benzene rings is 2. The largest absolute Gasteiger partial charge is 0.497 e. The highest BCUT2D eigenvalue weighted by Crippen LogP contribution is 2.30. The van der Waals surface area contributed by atoms with Crippen molar-refractivity contribution in [2.75, 3.05) is 40.5 Å². The number of ether oxygens (including phenoxy) is 4. The molecule has 0 radical (unpaired) electrons. The van der Waals surface area contributed by atoms with Crippen LogP contribution in [0.3, 0.4) is 0 Å². The number of hydrogen-bond acceptors (Lipinski definition) is 6. The maximum Gasteiger partial charge on any atom is 0.161 e. The lowest BCUT2D eigenvalue weighted by Gasteiger charge is -2.25. The average molecular weight is 394 g/mol. The molecule has 1 aliphatic heterocycles. The van der Waals surface area contributed by atoms with Crippen molar-refractivity contribution in [2.24, 2.45) is 0 Å². The van der Waals surface area contributed by atoms with Crippen molar-refractivity contribution in [2.45, 2.75) is 13.0 Å². The summed E-state index contributed by atoms with van der Waals surface area (Å²) in [5.41, 5.74) is 2.75. The number of nitrogens with zero attached hydrogens (tertiary/aromatic N) is 2. The number of allylic oxidation sites excluding steroid dienone is 1. The number of hydrogen-bond donors (Lipinski definition) is 0. The van der Waals surface area contributed by atoms with Crippen LogP contribution in [0.1, 0.15) is 11.1 Å². The van der Waals surface area contributed by atoms with Gasteiger partial charge in [-0.25, -0.2) is 0 Å². The molecule has 0 saturated carbocycles. The van der Waals surface area contributed by atoms with Crippen LogP contribution in [0.2, 0.25) is 0 Å². The van der Waals surface area contributed by atoms with Crippen LogP contribution in [0.25, 0.3) is 0 Å². The van der Waals surface area contributed by atoms with Crippen LogP contribution in [-0.2, 0) is 17.8 Å². The van der Waals surface area contributed by atoms with Gasteiger partial charge in [0.15, 0.2) is 11.5 Å². The van der Waals surface area contributed by atoms with E-state index >= 15 is 0 Å². The topological polar surface area (TPSA) is 64.0 Å². The summed E-state index contributed by atoms with van der Waals surface area (Å²) in [5, 5.41) is 9.51. The van der Waals surface area contributed by atoms with Gasteiger partial charge in [-0.15, -0.1) is 0 Å². The molecule has 0 unspecified atom stereocenters. The Morgan fingerprint density at radius 2 is 1.76 bits per heavy atom. The third-order valence-corrected chi connectivity index (χ3v) is 4.70. The molecule has 1 saturated heterocycles. The SMILES string of the molecule is COc1ccc(COc2ccc(CC(C#N)=CN3CCOCC3)cc2OC)cc1. The molecule has 29 heavy (non-hydrogen) atoms. The minimum atomic E-state index is 0.431. The average Bonchev–Trinajstić information content (AvgIpc) is 2.78. The Hall–Kier alpha value is -3.17. The van der Waals surface area contributed by atoms with E-state index in [1.807, 2.05) is 48.7 Å². The zero-order chi connectivity index (χ0) is 20.5. The summed E-state index contributed by atoms with van der Waals surface area (Å²) in [6.45, 7) is 3.45. The molecule has 0 spiro atoms. The minimum absolute atomic E-state index is 0.431. The molecule has 0 atom stereocenters. The van der Waals surface area contributed by atoms with Gasteiger partial charge >= 0.3 is 0 Å². The Morgan fingerprint density at radius 3 is 2.41 bits per heavy atom. The molecule has 0 aliphatic carbocycles. The van der Waals surface area contributed by atoms with Crippen molar-refractivity contribution in [3.05, 3.63) is 65.4 Å². The molecule has 0 amide bonds. The second kappa shape index (κ2) is 10.4. The van der Waals surface area contributed by atoms with E-state index in [1.54, 1.807) is 14.2 Å². The van der Waals surface area contributed by atoms with Gasteiger partial charge in [-0.1, -0.05) is 18.2 Å². The van der Waals surface area contributed by atoms with Gasteiger partial charge in [-0.3, -0.25) is 0 Å². The normalized spacial score (nSPS) is 14.2. The van der Waals surface area contributed by atoms with E-state index in [0.29, 0.717) is 43.3 Å². The Kier molecular flexibility index (Phi) is 7.37. The van der Waals surface area contributed by atoms with Gasteiger partial charge in [-0.05, 0) is 35.4 Å². The summed E-state index contributed by atoms with van der Waals surface area (Å²) in [7, 11) is 3.26. The van der Waals surface area contributed by atoms with Crippen molar-refractivity contribution in [1.82, 2.24) is 4.90 Å². The van der Waals surface area contributed by atoms with Crippen molar-refractivity contribution >= 4 is 0 Å². The quantitative estimate of drug-likeness (QED) is 0.638. The summed E-state index contributed by atoms with van der Waals surface area (Å²) in [4.78, 5) is 2.13. The van der Waals surface area contributed by atoms with Crippen molar-refractivity contribution in [3.63, 3.8) is 0 Å². The van der Waals surface area contributed by atoms with Gasteiger partial charge in [0.1, 0.15) is 12.4 Å². The molecular formula is C23H26N2O4. The molecule has 0 N–H and O–H groups in total. The van der Waals surface area contributed by atoms with E-state index in [0.717, 1.165) is 30.0 Å². The Labute approximate surface area is 171 Å². The summed E-state index contributed by atoms with van der Waals surface area (Å²) < 4.78 is 22.0. The van der Waals surface area contributed by atoms with Crippen LogP contribution in [-0.4, -0.2) is 45.4 Å². The Balaban J connectivity index is 1.65. The maximum atomic E-state index is 9.51. The molecular weight excluding hydrogens is 368 g/mol. The lowest BCUT2D eigenvalue weighted by molar-refractivity contribution is 0.0591. The van der Waals surface area contributed by atoms with E-state index in [2.05, 4.69) is 11.0 Å². The van der Waals surface area contributed by atoms with Crippen LogP contribution in [0.5, 0.6) is 17.2 Å².